The summed E-state index contributed by atoms with van der Waals surface area (Å²) in [5.74, 6) is 1.46. The van der Waals surface area contributed by atoms with Crippen molar-refractivity contribution in [1.82, 2.24) is 0 Å². The highest BCUT2D eigenvalue weighted by Gasteiger charge is 2.28. The second-order valence-corrected chi connectivity index (χ2v) is 11.0. The topological polar surface area (TPSA) is 60.7 Å². The molecule has 0 radical (unpaired) electrons. The molecule has 0 atom stereocenters. The average molecular weight is 491 g/mol. The van der Waals surface area contributed by atoms with Gasteiger partial charge in [-0.3, -0.25) is 0 Å². The second kappa shape index (κ2) is 11.0. The van der Waals surface area contributed by atoms with Gasteiger partial charge in [-0.2, -0.15) is 0 Å². The smallest absolute Gasteiger partial charge is 0.127 e. The van der Waals surface area contributed by atoms with Crippen molar-refractivity contribution in [3.63, 3.8) is 0 Å². The summed E-state index contributed by atoms with van der Waals surface area (Å²) in [4.78, 5) is 0. The third-order valence-electron chi connectivity index (χ3n) is 8.10. The lowest BCUT2D eigenvalue weighted by Crippen LogP contribution is -2.07. The Morgan fingerprint density at radius 1 is 0.444 bits per heavy atom. The molecule has 0 aliphatic heterocycles. The molecule has 0 heterocycles. The second-order valence-electron chi connectivity index (χ2n) is 11.0. The van der Waals surface area contributed by atoms with Gasteiger partial charge >= 0.3 is 0 Å². The van der Waals surface area contributed by atoms with Crippen molar-refractivity contribution in [2.75, 3.05) is 0 Å². The van der Waals surface area contributed by atoms with Crippen LogP contribution in [0, 0.1) is 62.3 Å². The molecule has 0 amide bonds. The number of benzene rings is 3. The summed E-state index contributed by atoms with van der Waals surface area (Å²) in [6.45, 7) is 27.0. The van der Waals surface area contributed by atoms with Crippen molar-refractivity contribution in [2.24, 2.45) is 0 Å². The van der Waals surface area contributed by atoms with Crippen molar-refractivity contribution >= 4 is 0 Å². The van der Waals surface area contributed by atoms with Gasteiger partial charge < -0.3 is 15.3 Å². The molecule has 0 unspecified atom stereocenters. The van der Waals surface area contributed by atoms with Gasteiger partial charge in [0.1, 0.15) is 17.2 Å². The molecule has 0 spiro atoms. The minimum atomic E-state index is 0.247. The fourth-order valence-corrected chi connectivity index (χ4v) is 5.29. The minimum Gasteiger partial charge on any atom is -0.508 e. The highest BCUT2D eigenvalue weighted by atomic mass is 16.3. The molecule has 0 saturated heterocycles. The molecule has 0 bridgehead atoms. The Hall–Kier alpha value is -2.94. The third-order valence-corrected chi connectivity index (χ3v) is 8.10. The van der Waals surface area contributed by atoms with Crippen molar-refractivity contribution in [1.29, 1.82) is 0 Å². The standard InChI is InChI=1S/C24H34O2.C9H12O/c1-11(2)19-15(7)13(5)17(9)23(25)21(19)22-20(12(3)4)16(8)14(6)18(10)24(22)26;1-6-4-9(10)5-7(2)8(6)3/h11-12,25-26H,1-10H3;4-5,10H,1-3H3. The maximum Gasteiger partial charge on any atom is 0.127 e. The molecular formula is C33H46O3. The number of phenolic OH excluding ortho intramolecular Hbond substituents is 3. The van der Waals surface area contributed by atoms with Crippen LogP contribution in [0.25, 0.3) is 11.1 Å². The van der Waals surface area contributed by atoms with Gasteiger partial charge in [-0.05, 0) is 147 Å². The number of rotatable bonds is 3. The summed E-state index contributed by atoms with van der Waals surface area (Å²) in [7, 11) is 0. The van der Waals surface area contributed by atoms with Crippen LogP contribution in [0.15, 0.2) is 12.1 Å². The van der Waals surface area contributed by atoms with Crippen LogP contribution >= 0.6 is 0 Å². The average Bonchev–Trinajstić information content (AvgIpc) is 2.79. The monoisotopic (exact) mass is 490 g/mol. The molecule has 3 aromatic rings. The van der Waals surface area contributed by atoms with Gasteiger partial charge in [-0.25, -0.2) is 0 Å². The Bertz CT molecular complexity index is 1200. The first-order chi connectivity index (χ1) is 16.5. The van der Waals surface area contributed by atoms with Crippen LogP contribution in [0.2, 0.25) is 0 Å². The van der Waals surface area contributed by atoms with E-state index in [1.165, 1.54) is 16.7 Å². The normalized spacial score (nSPS) is 11.2. The van der Waals surface area contributed by atoms with Gasteiger partial charge in [-0.1, -0.05) is 27.7 Å². The highest BCUT2D eigenvalue weighted by Crippen LogP contribution is 2.50. The van der Waals surface area contributed by atoms with Crippen LogP contribution in [0.5, 0.6) is 17.2 Å². The summed E-state index contributed by atoms with van der Waals surface area (Å²) < 4.78 is 0. The molecule has 196 valence electrons. The van der Waals surface area contributed by atoms with Crippen LogP contribution in [0.3, 0.4) is 0 Å². The van der Waals surface area contributed by atoms with E-state index in [2.05, 4.69) is 62.3 Å². The zero-order valence-electron chi connectivity index (χ0n) is 24.7. The van der Waals surface area contributed by atoms with Gasteiger partial charge in [-0.15, -0.1) is 0 Å². The van der Waals surface area contributed by atoms with E-state index in [0.29, 0.717) is 17.2 Å². The first-order valence-electron chi connectivity index (χ1n) is 13.0. The summed E-state index contributed by atoms with van der Waals surface area (Å²) in [5, 5.41) is 31.4. The Morgan fingerprint density at radius 3 is 1.03 bits per heavy atom. The van der Waals surface area contributed by atoms with Crippen LogP contribution < -0.4 is 0 Å². The van der Waals surface area contributed by atoms with E-state index in [0.717, 1.165) is 55.6 Å². The van der Waals surface area contributed by atoms with E-state index >= 15 is 0 Å². The summed E-state index contributed by atoms with van der Waals surface area (Å²) >= 11 is 0. The Kier molecular flexibility index (Phi) is 8.94. The highest BCUT2D eigenvalue weighted by molar-refractivity contribution is 5.86. The molecule has 3 nitrogen and oxygen atoms in total. The van der Waals surface area contributed by atoms with Gasteiger partial charge in [0.05, 0.1) is 0 Å². The Balaban J connectivity index is 0.000000380. The Labute approximate surface area is 218 Å². The van der Waals surface area contributed by atoms with E-state index in [-0.39, 0.29) is 11.8 Å². The number of phenols is 3. The first-order valence-corrected chi connectivity index (χ1v) is 13.0. The molecular weight excluding hydrogens is 444 g/mol. The van der Waals surface area contributed by atoms with E-state index in [1.807, 2.05) is 27.7 Å². The number of aromatic hydroxyl groups is 3. The van der Waals surface area contributed by atoms with E-state index in [1.54, 1.807) is 12.1 Å². The first kappa shape index (κ1) is 29.3. The minimum absolute atomic E-state index is 0.247. The molecule has 3 rings (SSSR count). The molecule has 0 aromatic heterocycles. The lowest BCUT2D eigenvalue weighted by molar-refractivity contribution is 0.462. The van der Waals surface area contributed by atoms with Crippen LogP contribution in [0.4, 0.5) is 0 Å². The lowest BCUT2D eigenvalue weighted by atomic mass is 9.78. The number of aryl methyl sites for hydroxylation is 2. The quantitative estimate of drug-likeness (QED) is 0.343. The van der Waals surface area contributed by atoms with Gasteiger partial charge in [0.25, 0.3) is 0 Å². The zero-order chi connectivity index (χ0) is 27.8. The molecule has 0 aliphatic carbocycles. The van der Waals surface area contributed by atoms with Crippen molar-refractivity contribution in [2.45, 2.75) is 102 Å². The molecule has 3 N–H and O–H groups in total. The Morgan fingerprint density at radius 2 is 0.750 bits per heavy atom. The summed E-state index contributed by atoms with van der Waals surface area (Å²) in [6, 6.07) is 3.56. The van der Waals surface area contributed by atoms with Crippen LogP contribution in [0.1, 0.15) is 101 Å². The van der Waals surface area contributed by atoms with E-state index in [9.17, 15) is 10.2 Å². The van der Waals surface area contributed by atoms with Crippen molar-refractivity contribution in [3.8, 4) is 28.4 Å². The van der Waals surface area contributed by atoms with Gasteiger partial charge in [0.15, 0.2) is 0 Å². The van der Waals surface area contributed by atoms with E-state index < -0.39 is 0 Å². The fraction of sp³-hybridized carbons (Fsp3) is 0.455. The van der Waals surface area contributed by atoms with Crippen LogP contribution in [-0.4, -0.2) is 15.3 Å². The third kappa shape index (κ3) is 5.26. The van der Waals surface area contributed by atoms with Crippen molar-refractivity contribution in [3.05, 3.63) is 73.3 Å². The van der Waals surface area contributed by atoms with Crippen molar-refractivity contribution < 1.29 is 15.3 Å². The largest absolute Gasteiger partial charge is 0.508 e. The predicted octanol–water partition coefficient (Wildman–Crippen LogP) is 9.18. The van der Waals surface area contributed by atoms with E-state index in [4.69, 9.17) is 5.11 Å². The fourth-order valence-electron chi connectivity index (χ4n) is 5.29. The number of hydrogen-bond acceptors (Lipinski definition) is 3. The molecule has 3 heteroatoms. The van der Waals surface area contributed by atoms with Gasteiger partial charge in [0.2, 0.25) is 0 Å². The molecule has 3 aromatic carbocycles. The lowest BCUT2D eigenvalue weighted by Gasteiger charge is -2.27. The SMILES string of the molecule is Cc1c(C)c(O)c(-c2c(O)c(C)c(C)c(C)c2C(C)C)c(C(C)C)c1C.Cc1cc(O)cc(C)c1C. The molecule has 36 heavy (non-hydrogen) atoms. The molecule has 0 saturated carbocycles. The molecule has 0 fully saturated rings. The molecule has 0 aliphatic rings. The maximum absolute atomic E-state index is 11.2. The zero-order valence-corrected chi connectivity index (χ0v) is 24.7. The number of hydrogen-bond donors (Lipinski definition) is 3. The van der Waals surface area contributed by atoms with Crippen LogP contribution in [-0.2, 0) is 0 Å². The maximum atomic E-state index is 11.2. The summed E-state index contributed by atoms with van der Waals surface area (Å²) in [6.07, 6.45) is 0. The van der Waals surface area contributed by atoms with Gasteiger partial charge in [0, 0.05) is 11.1 Å². The summed E-state index contributed by atoms with van der Waals surface area (Å²) in [5.41, 5.74) is 13.9. The predicted molar refractivity (Wildman–Crippen MR) is 154 cm³/mol.